The van der Waals surface area contributed by atoms with Gasteiger partial charge >= 0.3 is 0 Å². The van der Waals surface area contributed by atoms with E-state index in [1.54, 1.807) is 6.07 Å². The predicted molar refractivity (Wildman–Crippen MR) is 138 cm³/mol. The first-order chi connectivity index (χ1) is 17.8. The van der Waals surface area contributed by atoms with Crippen LogP contribution in [-0.4, -0.2) is 61.1 Å². The molecular formula is C27H33FN4O4S. The molecule has 2 saturated heterocycles. The molecule has 0 spiro atoms. The Morgan fingerprint density at radius 2 is 1.70 bits per heavy atom. The first kappa shape index (κ1) is 25.8. The van der Waals surface area contributed by atoms with Crippen LogP contribution in [0.4, 0.5) is 10.1 Å². The van der Waals surface area contributed by atoms with E-state index in [0.717, 1.165) is 37.7 Å². The molecule has 2 amide bonds. The first-order valence-electron chi connectivity index (χ1n) is 13.0. The lowest BCUT2D eigenvalue weighted by Gasteiger charge is -2.42. The molecule has 0 bridgehead atoms. The zero-order valence-electron chi connectivity index (χ0n) is 21.0. The van der Waals surface area contributed by atoms with Gasteiger partial charge in [-0.2, -0.15) is 17.0 Å². The van der Waals surface area contributed by atoms with Crippen LogP contribution in [0.2, 0.25) is 0 Å². The summed E-state index contributed by atoms with van der Waals surface area (Å²) in [5, 5.41) is 3.16. The fourth-order valence-corrected chi connectivity index (χ4v) is 6.87. The second-order valence-corrected chi connectivity index (χ2v) is 12.1. The maximum Gasteiger partial charge on any atom is 0.282 e. The van der Waals surface area contributed by atoms with E-state index in [0.29, 0.717) is 18.7 Å². The highest BCUT2D eigenvalue weighted by molar-refractivity contribution is 7.87. The van der Waals surface area contributed by atoms with Crippen LogP contribution in [0.15, 0.2) is 48.5 Å². The molecule has 198 valence electrons. The summed E-state index contributed by atoms with van der Waals surface area (Å²) < 4.78 is 42.2. The summed E-state index contributed by atoms with van der Waals surface area (Å²) in [6.45, 7) is 2.93. The third-order valence-electron chi connectivity index (χ3n) is 7.52. The summed E-state index contributed by atoms with van der Waals surface area (Å²) in [4.78, 5) is 29.3. The van der Waals surface area contributed by atoms with E-state index in [2.05, 4.69) is 5.32 Å². The van der Waals surface area contributed by atoms with Crippen LogP contribution in [0, 0.1) is 18.7 Å². The number of benzene rings is 2. The number of rotatable bonds is 8. The number of carbonyl (C=O) groups is 2. The van der Waals surface area contributed by atoms with E-state index >= 15 is 0 Å². The summed E-state index contributed by atoms with van der Waals surface area (Å²) in [5.41, 5.74) is 1.76. The van der Waals surface area contributed by atoms with Crippen molar-refractivity contribution in [1.82, 2.24) is 13.9 Å². The Hall–Kier alpha value is -2.82. The lowest BCUT2D eigenvalue weighted by molar-refractivity contribution is -0.130. The third kappa shape index (κ3) is 5.42. The largest absolute Gasteiger partial charge is 0.351 e. The molecule has 0 unspecified atom stereocenters. The standard InChI is InChI=1S/C27H33FN4O4S/c1-19-8-5-6-13-24(19)25(26(33)29-22-10-3-2-4-11-22)32(23-12-7-9-21(28)16-23)27(34)20-17-31(18-20)37(35,36)30-14-15-30/h5-9,12-13,16,20,22,25H,2-4,10-11,14-15,17-18H2,1H3,(H,29,33)/t25-/m1/s1. The lowest BCUT2D eigenvalue weighted by atomic mass is 9.92. The highest BCUT2D eigenvalue weighted by Crippen LogP contribution is 2.35. The molecule has 8 nitrogen and oxygen atoms in total. The normalized spacial score (nSPS) is 20.2. The van der Waals surface area contributed by atoms with E-state index in [4.69, 9.17) is 0 Å². The Bertz CT molecular complexity index is 1270. The topological polar surface area (TPSA) is 89.8 Å². The number of nitrogens with one attached hydrogen (secondary N) is 1. The van der Waals surface area contributed by atoms with E-state index < -0.39 is 33.9 Å². The smallest absolute Gasteiger partial charge is 0.282 e. The summed E-state index contributed by atoms with van der Waals surface area (Å²) >= 11 is 0. The maximum atomic E-state index is 14.4. The highest BCUT2D eigenvalue weighted by Gasteiger charge is 2.48. The van der Waals surface area contributed by atoms with Gasteiger partial charge in [0.1, 0.15) is 11.9 Å². The minimum atomic E-state index is -3.55. The Kier molecular flexibility index (Phi) is 7.33. The van der Waals surface area contributed by atoms with Crippen LogP contribution in [0.25, 0.3) is 0 Å². The fraction of sp³-hybridized carbons (Fsp3) is 0.481. The van der Waals surface area contributed by atoms with Gasteiger partial charge in [-0.3, -0.25) is 14.5 Å². The molecule has 2 aliphatic heterocycles. The quantitative estimate of drug-likeness (QED) is 0.533. The molecule has 5 rings (SSSR count). The molecule has 0 aromatic heterocycles. The molecular weight excluding hydrogens is 495 g/mol. The van der Waals surface area contributed by atoms with Crippen LogP contribution in [0.1, 0.15) is 49.3 Å². The number of halogens is 1. The molecule has 1 atom stereocenters. The number of carbonyl (C=O) groups excluding carboxylic acids is 2. The van der Waals surface area contributed by atoms with E-state index in [9.17, 15) is 22.4 Å². The molecule has 3 aliphatic rings. The molecule has 3 fully saturated rings. The van der Waals surface area contributed by atoms with Gasteiger partial charge in [0.05, 0.1) is 5.92 Å². The number of hydrogen-bond acceptors (Lipinski definition) is 4. The van der Waals surface area contributed by atoms with Crippen molar-refractivity contribution in [3.63, 3.8) is 0 Å². The van der Waals surface area contributed by atoms with Gasteiger partial charge in [0.15, 0.2) is 0 Å². The van der Waals surface area contributed by atoms with Gasteiger partial charge in [-0.1, -0.05) is 49.6 Å². The molecule has 2 aromatic carbocycles. The van der Waals surface area contributed by atoms with Crippen molar-refractivity contribution in [2.45, 2.75) is 51.1 Å². The molecule has 2 heterocycles. The van der Waals surface area contributed by atoms with Gasteiger partial charge in [0, 0.05) is 37.9 Å². The number of amides is 2. The zero-order chi connectivity index (χ0) is 26.2. The van der Waals surface area contributed by atoms with Crippen molar-refractivity contribution in [2.24, 2.45) is 5.92 Å². The summed E-state index contributed by atoms with van der Waals surface area (Å²) in [6, 6.07) is 12.1. The fourth-order valence-electron chi connectivity index (χ4n) is 5.26. The highest BCUT2D eigenvalue weighted by atomic mass is 32.2. The number of anilines is 1. The summed E-state index contributed by atoms with van der Waals surface area (Å²) in [5.74, 6) is -1.86. The molecule has 1 N–H and O–H groups in total. The Morgan fingerprint density at radius 3 is 2.35 bits per heavy atom. The minimum absolute atomic E-state index is 0.0224. The van der Waals surface area contributed by atoms with Gasteiger partial charge in [-0.05, 0) is 49.1 Å². The number of nitrogens with zero attached hydrogens (tertiary/aromatic N) is 3. The van der Waals surface area contributed by atoms with Crippen molar-refractivity contribution < 1.29 is 22.4 Å². The van der Waals surface area contributed by atoms with Crippen molar-refractivity contribution >= 4 is 27.7 Å². The molecule has 2 aromatic rings. The van der Waals surface area contributed by atoms with Gasteiger partial charge in [0.2, 0.25) is 11.8 Å². The van der Waals surface area contributed by atoms with Gasteiger partial charge in [-0.25, -0.2) is 4.39 Å². The average molecular weight is 529 g/mol. The summed E-state index contributed by atoms with van der Waals surface area (Å²) in [6.07, 6.45) is 4.98. The third-order valence-corrected chi connectivity index (χ3v) is 9.49. The van der Waals surface area contributed by atoms with Crippen molar-refractivity contribution in [3.8, 4) is 0 Å². The van der Waals surface area contributed by atoms with Gasteiger partial charge in [-0.15, -0.1) is 0 Å². The van der Waals surface area contributed by atoms with Crippen molar-refractivity contribution in [1.29, 1.82) is 0 Å². The van der Waals surface area contributed by atoms with Crippen molar-refractivity contribution in [2.75, 3.05) is 31.1 Å². The van der Waals surface area contributed by atoms with Crippen LogP contribution in [-0.2, 0) is 19.8 Å². The number of hydrogen-bond donors (Lipinski definition) is 1. The Morgan fingerprint density at radius 1 is 1.00 bits per heavy atom. The molecule has 0 radical (unpaired) electrons. The average Bonchev–Trinajstić information content (AvgIpc) is 3.69. The van der Waals surface area contributed by atoms with E-state index in [-0.39, 0.29) is 30.7 Å². The van der Waals surface area contributed by atoms with Crippen LogP contribution >= 0.6 is 0 Å². The number of aryl methyl sites for hydroxylation is 1. The van der Waals surface area contributed by atoms with E-state index in [1.165, 1.54) is 31.7 Å². The van der Waals surface area contributed by atoms with Gasteiger partial charge in [0.25, 0.3) is 10.2 Å². The second kappa shape index (κ2) is 10.5. The van der Waals surface area contributed by atoms with Crippen molar-refractivity contribution in [3.05, 3.63) is 65.5 Å². The molecule has 1 saturated carbocycles. The Labute approximate surface area is 217 Å². The SMILES string of the molecule is Cc1ccccc1[C@H](C(=O)NC1CCCCC1)N(C(=O)C1CN(S(=O)(=O)N2CC2)C1)c1cccc(F)c1. The second-order valence-electron chi connectivity index (χ2n) is 10.2. The Balaban J connectivity index is 1.49. The zero-order valence-corrected chi connectivity index (χ0v) is 21.8. The van der Waals surface area contributed by atoms with Crippen LogP contribution in [0.3, 0.4) is 0 Å². The van der Waals surface area contributed by atoms with Crippen LogP contribution in [0.5, 0.6) is 0 Å². The first-order valence-corrected chi connectivity index (χ1v) is 14.3. The predicted octanol–water partition coefficient (Wildman–Crippen LogP) is 3.15. The molecule has 1 aliphatic carbocycles. The van der Waals surface area contributed by atoms with Crippen LogP contribution < -0.4 is 10.2 Å². The van der Waals surface area contributed by atoms with Gasteiger partial charge < -0.3 is 5.32 Å². The monoisotopic (exact) mass is 528 g/mol. The summed E-state index contributed by atoms with van der Waals surface area (Å²) in [7, 11) is -3.55. The molecule has 10 heteroatoms. The molecule has 37 heavy (non-hydrogen) atoms. The van der Waals surface area contributed by atoms with E-state index in [1.807, 2.05) is 31.2 Å². The minimum Gasteiger partial charge on any atom is -0.351 e. The lowest BCUT2D eigenvalue weighted by Crippen LogP contribution is -2.59. The maximum absolute atomic E-state index is 14.4.